The van der Waals surface area contributed by atoms with E-state index in [-0.39, 0.29) is 57.1 Å². The van der Waals surface area contributed by atoms with Gasteiger partial charge in [-0.1, -0.05) is 400 Å². The summed E-state index contributed by atoms with van der Waals surface area (Å²) in [6.45, 7) is 13.9. The van der Waals surface area contributed by atoms with Crippen molar-refractivity contribution in [3.05, 3.63) is 29.8 Å². The van der Waals surface area contributed by atoms with E-state index in [1.54, 1.807) is 4.90 Å². The van der Waals surface area contributed by atoms with Crippen molar-refractivity contribution < 1.29 is 81.2 Å². The van der Waals surface area contributed by atoms with Crippen LogP contribution in [0.3, 0.4) is 0 Å². The lowest BCUT2D eigenvalue weighted by Crippen LogP contribution is -2.66. The van der Waals surface area contributed by atoms with Crippen LogP contribution in [0.1, 0.15) is 490 Å². The van der Waals surface area contributed by atoms with Gasteiger partial charge < -0.3 is 53.5 Å². The van der Waals surface area contributed by atoms with Crippen LogP contribution in [0.2, 0.25) is 0 Å². The van der Waals surface area contributed by atoms with Crippen molar-refractivity contribution in [1.29, 1.82) is 0 Å². The van der Waals surface area contributed by atoms with Gasteiger partial charge in [-0.2, -0.15) is 0 Å². The summed E-state index contributed by atoms with van der Waals surface area (Å²) < 4.78 is 56.9. The molecule has 2 amide bonds. The van der Waals surface area contributed by atoms with Crippen LogP contribution >= 0.6 is 7.82 Å². The van der Waals surface area contributed by atoms with Gasteiger partial charge in [0.15, 0.2) is 12.4 Å². The Morgan fingerprint density at radius 1 is 0.412 bits per heavy atom. The van der Waals surface area contributed by atoms with Crippen molar-refractivity contribution in [3.63, 3.8) is 0 Å². The predicted molar refractivity (Wildman–Crippen MR) is 486 cm³/mol. The van der Waals surface area contributed by atoms with Crippen LogP contribution in [-0.2, 0) is 66.3 Å². The van der Waals surface area contributed by atoms with Gasteiger partial charge in [-0.3, -0.25) is 33.3 Å². The van der Waals surface area contributed by atoms with Gasteiger partial charge in [0, 0.05) is 31.5 Å². The first-order valence-corrected chi connectivity index (χ1v) is 51.5. The van der Waals surface area contributed by atoms with Gasteiger partial charge in [-0.15, -0.1) is 0 Å². The molecule has 1 aliphatic rings. The molecule has 20 heteroatoms. The van der Waals surface area contributed by atoms with Gasteiger partial charge in [0.25, 0.3) is 0 Å². The molecule has 2 unspecified atom stereocenters. The highest BCUT2D eigenvalue weighted by molar-refractivity contribution is 7.46. The van der Waals surface area contributed by atoms with E-state index in [9.17, 15) is 33.8 Å². The van der Waals surface area contributed by atoms with E-state index in [1.165, 1.54) is 199 Å². The third-order valence-electron chi connectivity index (χ3n) is 23.8. The van der Waals surface area contributed by atoms with E-state index < -0.39 is 93.6 Å². The Kier molecular flexibility index (Phi) is 72.4. The first kappa shape index (κ1) is 111. The number of carbonyl (C=O) groups excluding carboxylic acids is 6. The van der Waals surface area contributed by atoms with Gasteiger partial charge in [0.2, 0.25) is 11.8 Å². The number of hydrogen-bond donors (Lipinski definition) is 4. The first-order valence-electron chi connectivity index (χ1n) is 50.0. The van der Waals surface area contributed by atoms with Crippen molar-refractivity contribution >= 4 is 49.2 Å². The number of aryl methyl sites for hydroxylation is 1. The fraction of sp³-hybridized carbons (Fsp3) is 0.879. The zero-order valence-electron chi connectivity index (χ0n) is 77.3. The summed E-state index contributed by atoms with van der Waals surface area (Å²) in [6.07, 6.45) is 57.3. The minimum atomic E-state index is -5.52. The molecular weight excluding hydrogens is 1520 g/mol. The van der Waals surface area contributed by atoms with E-state index in [0.29, 0.717) is 57.1 Å². The lowest BCUT2D eigenvalue weighted by molar-refractivity contribution is -0.270. The molecule has 1 saturated heterocycles. The topological polar surface area (TPSA) is 260 Å². The highest BCUT2D eigenvalue weighted by Crippen LogP contribution is 2.43. The standard InChI is InChI=1S/C99H181N2O17P/c1-8-14-20-26-32-38-41-47-53-59-65-74-92(105)113-86(71-62-56-50-44-35-29-23-17-11-4)80-90(103)100-96-98(117-95(108)82-88(73-64-58-52-46-37-31-25-19-13-6)115-94(107)76-67-61-55-49-43-40-34-28-22-16-10-3)97(118-119(109,110)111)89(83-102)116-99(96)112-78-77-101(85-70-68-69-84(7)79-85)91(104)81-87(72-63-57-51-45-36-30-24-18-12-5)114-93(106)75-66-60-54-48-42-39-33-27-21-15-9-2/h68-70,79,86-89,96-99,102H,8-67,71-78,80-83H2,1-7H3,(H,100,103)(H2,109,110,111)/t86-,87-,88-,89?,96?,97-,98-,99-/m1/s1. The normalized spacial score (nSPS) is 16.3. The lowest BCUT2D eigenvalue weighted by atomic mass is 9.96. The minimum Gasteiger partial charge on any atom is -0.462 e. The SMILES string of the molecule is CCCCCCCCCCCCCC(=O)O[C@H](CCCCCCCCCCC)CC(=O)NC1[C@H](OCCN(C(=O)C[C@@H](CCCCCCCCCCC)OC(=O)CCCCCCCCCCCCC)c2cccc(C)c2)OC(CO)[C@@H](OP(=O)(O)O)[C@@H]1OC(=O)C[C@@H](CCCCCCCCCCC)OC(=O)CCCCCCCCCCCCC. The van der Waals surface area contributed by atoms with Crippen molar-refractivity contribution in [2.24, 2.45) is 0 Å². The fourth-order valence-electron chi connectivity index (χ4n) is 16.6. The molecule has 1 aromatic carbocycles. The number of hydrogen-bond acceptors (Lipinski definition) is 15. The van der Waals surface area contributed by atoms with E-state index in [0.717, 1.165) is 160 Å². The quantitative estimate of drug-likeness (QED) is 0.0204. The molecule has 0 aliphatic carbocycles. The third-order valence-corrected chi connectivity index (χ3v) is 24.4. The molecule has 694 valence electrons. The molecule has 0 bridgehead atoms. The molecule has 0 spiro atoms. The molecule has 1 fully saturated rings. The summed E-state index contributed by atoms with van der Waals surface area (Å²) in [5.74, 6) is -3.12. The Labute approximate surface area is 726 Å². The molecular formula is C99H181N2O17P. The van der Waals surface area contributed by atoms with Crippen LogP contribution in [0.4, 0.5) is 5.69 Å². The Morgan fingerprint density at radius 2 is 0.723 bits per heavy atom. The Balaban J connectivity index is 2.71. The maximum Gasteiger partial charge on any atom is 0.470 e. The van der Waals surface area contributed by atoms with Crippen molar-refractivity contribution in [2.45, 2.75) is 540 Å². The Morgan fingerprint density at radius 3 is 1.04 bits per heavy atom. The number of esters is 4. The van der Waals surface area contributed by atoms with E-state index in [1.807, 2.05) is 31.2 Å². The number of benzene rings is 1. The number of nitrogens with one attached hydrogen (secondary N) is 1. The minimum absolute atomic E-state index is 0.113. The van der Waals surface area contributed by atoms with Crippen LogP contribution in [0, 0.1) is 6.92 Å². The maximum absolute atomic E-state index is 15.2. The van der Waals surface area contributed by atoms with Gasteiger partial charge in [-0.05, 0) is 82.4 Å². The molecule has 2 rings (SSSR count). The molecule has 19 nitrogen and oxygen atoms in total. The Hall–Kier alpha value is -3.97. The van der Waals surface area contributed by atoms with Crippen LogP contribution in [0.5, 0.6) is 0 Å². The molecule has 4 N–H and O–H groups in total. The fourth-order valence-corrected chi connectivity index (χ4v) is 17.1. The number of unbranched alkanes of at least 4 members (excludes halogenated alkanes) is 54. The summed E-state index contributed by atoms with van der Waals surface area (Å²) in [4.78, 5) is 110. The number of ether oxygens (including phenoxy) is 6. The van der Waals surface area contributed by atoms with Gasteiger partial charge >= 0.3 is 31.7 Å². The molecule has 8 atom stereocenters. The summed E-state index contributed by atoms with van der Waals surface area (Å²) >= 11 is 0. The van der Waals surface area contributed by atoms with Gasteiger partial charge in [-0.25, -0.2) is 4.57 Å². The molecule has 1 aliphatic heterocycles. The largest absolute Gasteiger partial charge is 0.470 e. The van der Waals surface area contributed by atoms with Crippen molar-refractivity contribution in [3.8, 4) is 0 Å². The highest BCUT2D eigenvalue weighted by Gasteiger charge is 2.52. The summed E-state index contributed by atoms with van der Waals surface area (Å²) in [7, 11) is -5.52. The van der Waals surface area contributed by atoms with Crippen LogP contribution in [0.15, 0.2) is 24.3 Å². The number of nitrogens with zero attached hydrogens (tertiary/aromatic N) is 1. The molecule has 0 aromatic heterocycles. The number of aliphatic hydroxyl groups excluding tert-OH is 1. The maximum atomic E-state index is 15.2. The van der Waals surface area contributed by atoms with E-state index in [4.69, 9.17) is 32.9 Å². The second kappa shape index (κ2) is 77.6. The third kappa shape index (κ3) is 62.7. The number of aliphatic hydroxyl groups is 1. The molecule has 119 heavy (non-hydrogen) atoms. The van der Waals surface area contributed by atoms with Crippen LogP contribution < -0.4 is 10.2 Å². The van der Waals surface area contributed by atoms with E-state index in [2.05, 4.69) is 46.9 Å². The average Bonchev–Trinajstić information content (AvgIpc) is 0.778. The molecule has 1 aromatic rings. The smallest absolute Gasteiger partial charge is 0.462 e. The van der Waals surface area contributed by atoms with Gasteiger partial charge in [0.1, 0.15) is 36.6 Å². The van der Waals surface area contributed by atoms with Crippen LogP contribution in [0.25, 0.3) is 0 Å². The van der Waals surface area contributed by atoms with Gasteiger partial charge in [0.05, 0.1) is 32.5 Å². The molecule has 1 heterocycles. The lowest BCUT2D eigenvalue weighted by Gasteiger charge is -2.45. The van der Waals surface area contributed by atoms with Crippen molar-refractivity contribution in [2.75, 3.05) is 24.7 Å². The predicted octanol–water partition coefficient (Wildman–Crippen LogP) is 26.7. The number of phosphoric ester groups is 1. The number of anilines is 1. The zero-order valence-corrected chi connectivity index (χ0v) is 78.2. The number of carbonyl (C=O) groups is 6. The summed E-state index contributed by atoms with van der Waals surface area (Å²) in [6, 6.07) is 5.85. The highest BCUT2D eigenvalue weighted by atomic mass is 31.2. The second-order valence-corrected chi connectivity index (χ2v) is 36.4. The van der Waals surface area contributed by atoms with Crippen LogP contribution in [-0.4, -0.2) is 119 Å². The average molecular weight is 1700 g/mol. The Bertz CT molecular complexity index is 2640. The van der Waals surface area contributed by atoms with Crippen molar-refractivity contribution in [1.82, 2.24) is 5.32 Å². The monoisotopic (exact) mass is 1700 g/mol. The number of rotatable bonds is 85. The summed E-state index contributed by atoms with van der Waals surface area (Å²) in [5.41, 5.74) is 1.42. The van der Waals surface area contributed by atoms with E-state index >= 15 is 14.4 Å². The molecule has 0 saturated carbocycles. The first-order chi connectivity index (χ1) is 57.9. The summed E-state index contributed by atoms with van der Waals surface area (Å²) in [5, 5.41) is 14.2. The molecule has 0 radical (unpaired) electrons. The zero-order chi connectivity index (χ0) is 86.7. The number of phosphoric acid groups is 1. The number of amides is 2. The second-order valence-electron chi connectivity index (χ2n) is 35.2.